The molecule has 0 saturated heterocycles. The number of nitrogens with one attached hydrogen (secondary N) is 2. The smallest absolute Gasteiger partial charge is 0.255 e. The van der Waals surface area contributed by atoms with Gasteiger partial charge >= 0.3 is 0 Å². The van der Waals surface area contributed by atoms with Crippen LogP contribution in [0.3, 0.4) is 0 Å². The summed E-state index contributed by atoms with van der Waals surface area (Å²) in [6, 6.07) is 16.9. The summed E-state index contributed by atoms with van der Waals surface area (Å²) in [7, 11) is 3.03. The Morgan fingerprint density at radius 1 is 0.759 bits per heavy atom. The number of para-hydroxylation sites is 1. The fourth-order valence-electron chi connectivity index (χ4n) is 2.63. The van der Waals surface area contributed by atoms with Crippen molar-refractivity contribution in [3.8, 4) is 11.5 Å². The standard InChI is InChI=1S/C22H19FN2O4/c1-28-16-11-12-19(20(13-16)29-2)25-22(27)15-9-7-14(8-10-15)21(26)24-18-6-4-3-5-17(18)23/h3-13H,1-2H3,(H,24,26)(H,25,27). The minimum atomic E-state index is -0.523. The zero-order valence-electron chi connectivity index (χ0n) is 15.9. The zero-order chi connectivity index (χ0) is 20.8. The normalized spacial score (nSPS) is 10.2. The van der Waals surface area contributed by atoms with Gasteiger partial charge in [-0.2, -0.15) is 0 Å². The molecular formula is C22H19FN2O4. The van der Waals surface area contributed by atoms with Crippen molar-refractivity contribution in [3.63, 3.8) is 0 Å². The molecule has 0 fully saturated rings. The van der Waals surface area contributed by atoms with Crippen molar-refractivity contribution in [1.29, 1.82) is 0 Å². The van der Waals surface area contributed by atoms with Gasteiger partial charge in [-0.3, -0.25) is 9.59 Å². The number of rotatable bonds is 6. The van der Waals surface area contributed by atoms with Gasteiger partial charge in [-0.1, -0.05) is 12.1 Å². The first-order valence-electron chi connectivity index (χ1n) is 8.71. The molecule has 0 radical (unpaired) electrons. The highest BCUT2D eigenvalue weighted by atomic mass is 19.1. The third kappa shape index (κ3) is 4.70. The SMILES string of the molecule is COc1ccc(NC(=O)c2ccc(C(=O)Nc3ccccc3F)cc2)c(OC)c1. The largest absolute Gasteiger partial charge is 0.497 e. The van der Waals surface area contributed by atoms with Crippen molar-refractivity contribution in [3.05, 3.63) is 83.7 Å². The molecule has 0 atom stereocenters. The number of ether oxygens (including phenoxy) is 2. The highest BCUT2D eigenvalue weighted by Crippen LogP contribution is 2.29. The molecule has 0 spiro atoms. The first-order chi connectivity index (χ1) is 14.0. The van der Waals surface area contributed by atoms with Crippen LogP contribution in [0, 0.1) is 5.82 Å². The van der Waals surface area contributed by atoms with Crippen LogP contribution in [0.1, 0.15) is 20.7 Å². The van der Waals surface area contributed by atoms with Gasteiger partial charge in [0.2, 0.25) is 0 Å². The van der Waals surface area contributed by atoms with Crippen LogP contribution in [0.5, 0.6) is 11.5 Å². The Kier molecular flexibility index (Phi) is 6.09. The Hall–Kier alpha value is -3.87. The lowest BCUT2D eigenvalue weighted by Gasteiger charge is -2.12. The maximum absolute atomic E-state index is 13.7. The Bertz CT molecular complexity index is 1040. The first kappa shape index (κ1) is 19.9. The molecular weight excluding hydrogens is 375 g/mol. The number of amides is 2. The molecule has 0 aliphatic carbocycles. The van der Waals surface area contributed by atoms with Crippen molar-refractivity contribution >= 4 is 23.2 Å². The van der Waals surface area contributed by atoms with Crippen LogP contribution in [0.15, 0.2) is 66.7 Å². The van der Waals surface area contributed by atoms with Gasteiger partial charge in [-0.05, 0) is 48.5 Å². The van der Waals surface area contributed by atoms with E-state index >= 15 is 0 Å². The summed E-state index contributed by atoms with van der Waals surface area (Å²) in [6.45, 7) is 0. The fraction of sp³-hybridized carbons (Fsp3) is 0.0909. The van der Waals surface area contributed by atoms with Gasteiger partial charge in [0.25, 0.3) is 11.8 Å². The molecule has 29 heavy (non-hydrogen) atoms. The van der Waals surface area contributed by atoms with E-state index in [0.717, 1.165) is 0 Å². The Labute approximate surface area is 167 Å². The monoisotopic (exact) mass is 394 g/mol. The van der Waals surface area contributed by atoms with Crippen LogP contribution in [-0.4, -0.2) is 26.0 Å². The summed E-state index contributed by atoms with van der Waals surface area (Å²) in [4.78, 5) is 24.8. The van der Waals surface area contributed by atoms with E-state index in [-0.39, 0.29) is 11.6 Å². The van der Waals surface area contributed by atoms with Crippen molar-refractivity contribution in [2.75, 3.05) is 24.9 Å². The van der Waals surface area contributed by atoms with Gasteiger partial charge in [-0.15, -0.1) is 0 Å². The average Bonchev–Trinajstić information content (AvgIpc) is 2.75. The molecule has 6 nitrogen and oxygen atoms in total. The molecule has 0 heterocycles. The lowest BCUT2D eigenvalue weighted by Crippen LogP contribution is -2.15. The minimum absolute atomic E-state index is 0.0888. The predicted octanol–water partition coefficient (Wildman–Crippen LogP) is 4.35. The third-order valence-corrected chi connectivity index (χ3v) is 4.19. The molecule has 3 rings (SSSR count). The summed E-state index contributed by atoms with van der Waals surface area (Å²) in [5, 5.41) is 5.25. The van der Waals surface area contributed by atoms with E-state index in [1.54, 1.807) is 24.3 Å². The summed E-state index contributed by atoms with van der Waals surface area (Å²) in [6.07, 6.45) is 0. The number of hydrogen-bond acceptors (Lipinski definition) is 4. The van der Waals surface area contributed by atoms with Gasteiger partial charge in [0.15, 0.2) is 0 Å². The second kappa shape index (κ2) is 8.88. The van der Waals surface area contributed by atoms with Crippen molar-refractivity contribution < 1.29 is 23.5 Å². The van der Waals surface area contributed by atoms with Gasteiger partial charge in [0, 0.05) is 17.2 Å². The van der Waals surface area contributed by atoms with Crippen molar-refractivity contribution in [1.82, 2.24) is 0 Å². The predicted molar refractivity (Wildman–Crippen MR) is 108 cm³/mol. The summed E-state index contributed by atoms with van der Waals surface area (Å²) in [5.74, 6) is -0.303. The molecule has 0 aliphatic heterocycles. The number of hydrogen-bond donors (Lipinski definition) is 2. The van der Waals surface area contributed by atoms with Crippen LogP contribution < -0.4 is 20.1 Å². The minimum Gasteiger partial charge on any atom is -0.497 e. The summed E-state index contributed by atoms with van der Waals surface area (Å²) in [5.41, 5.74) is 1.22. The van der Waals surface area contributed by atoms with Crippen molar-refractivity contribution in [2.45, 2.75) is 0 Å². The lowest BCUT2D eigenvalue weighted by atomic mass is 10.1. The fourth-order valence-corrected chi connectivity index (χ4v) is 2.63. The van der Waals surface area contributed by atoms with E-state index in [9.17, 15) is 14.0 Å². The van der Waals surface area contributed by atoms with E-state index in [2.05, 4.69) is 10.6 Å². The van der Waals surface area contributed by atoms with Gasteiger partial charge in [-0.25, -0.2) is 4.39 Å². The molecule has 0 bridgehead atoms. The Morgan fingerprint density at radius 2 is 1.34 bits per heavy atom. The second-order valence-electron chi connectivity index (χ2n) is 6.03. The molecule has 148 valence electrons. The Morgan fingerprint density at radius 3 is 1.90 bits per heavy atom. The summed E-state index contributed by atoms with van der Waals surface area (Å²) < 4.78 is 24.1. The van der Waals surface area contributed by atoms with Crippen LogP contribution >= 0.6 is 0 Å². The zero-order valence-corrected chi connectivity index (χ0v) is 15.9. The molecule has 2 N–H and O–H groups in total. The molecule has 7 heteroatoms. The number of carbonyl (C=O) groups excluding carboxylic acids is 2. The highest BCUT2D eigenvalue weighted by Gasteiger charge is 2.13. The molecule has 0 aliphatic rings. The molecule has 3 aromatic carbocycles. The van der Waals surface area contributed by atoms with Crippen molar-refractivity contribution in [2.24, 2.45) is 0 Å². The van der Waals surface area contributed by atoms with Crippen LogP contribution in [0.25, 0.3) is 0 Å². The number of benzene rings is 3. The molecule has 2 amide bonds. The van der Waals surface area contributed by atoms with E-state index in [4.69, 9.17) is 9.47 Å². The van der Waals surface area contributed by atoms with Crippen LogP contribution in [-0.2, 0) is 0 Å². The maximum Gasteiger partial charge on any atom is 0.255 e. The number of carbonyl (C=O) groups is 2. The maximum atomic E-state index is 13.7. The molecule has 0 saturated carbocycles. The molecule has 3 aromatic rings. The third-order valence-electron chi connectivity index (χ3n) is 4.19. The average molecular weight is 394 g/mol. The van der Waals surface area contributed by atoms with Crippen LogP contribution in [0.2, 0.25) is 0 Å². The Balaban J connectivity index is 1.70. The number of methoxy groups -OCH3 is 2. The van der Waals surface area contributed by atoms with E-state index in [0.29, 0.717) is 28.3 Å². The van der Waals surface area contributed by atoms with Gasteiger partial charge < -0.3 is 20.1 Å². The lowest BCUT2D eigenvalue weighted by molar-refractivity contribution is 0.101. The number of halogens is 1. The summed E-state index contributed by atoms with van der Waals surface area (Å²) >= 11 is 0. The van der Waals surface area contributed by atoms with E-state index < -0.39 is 11.7 Å². The van der Waals surface area contributed by atoms with E-state index in [1.807, 2.05) is 0 Å². The molecule has 0 aromatic heterocycles. The molecule has 0 unspecified atom stereocenters. The number of anilines is 2. The first-order valence-corrected chi connectivity index (χ1v) is 8.71. The van der Waals surface area contributed by atoms with Gasteiger partial charge in [0.1, 0.15) is 17.3 Å². The topological polar surface area (TPSA) is 76.7 Å². The second-order valence-corrected chi connectivity index (χ2v) is 6.03. The van der Waals surface area contributed by atoms with Crippen LogP contribution in [0.4, 0.5) is 15.8 Å². The quantitative estimate of drug-likeness (QED) is 0.652. The van der Waals surface area contributed by atoms with E-state index in [1.165, 1.54) is 56.7 Å². The van der Waals surface area contributed by atoms with Gasteiger partial charge in [0.05, 0.1) is 25.6 Å². The highest BCUT2D eigenvalue weighted by molar-refractivity contribution is 6.07.